The molecule has 1 aliphatic rings. The molecular weight excluding hydrogens is 329 g/mol. The van der Waals surface area contributed by atoms with Gasteiger partial charge in [-0.1, -0.05) is 29.8 Å². The molecule has 0 amide bonds. The van der Waals surface area contributed by atoms with Crippen LogP contribution in [0.1, 0.15) is 6.42 Å². The van der Waals surface area contributed by atoms with E-state index in [1.165, 1.54) is 4.57 Å². The van der Waals surface area contributed by atoms with Gasteiger partial charge < -0.3 is 4.90 Å². The molecule has 3 aromatic rings. The lowest BCUT2D eigenvalue weighted by Gasteiger charge is -2.20. The number of rotatable bonds is 2. The highest BCUT2D eigenvalue weighted by Crippen LogP contribution is 2.29. The summed E-state index contributed by atoms with van der Waals surface area (Å²) in [5, 5.41) is 1.32. The van der Waals surface area contributed by atoms with E-state index in [1.54, 1.807) is 12.1 Å². The summed E-state index contributed by atoms with van der Waals surface area (Å²) in [5.41, 5.74) is 0.998. The van der Waals surface area contributed by atoms with E-state index in [2.05, 4.69) is 4.98 Å². The van der Waals surface area contributed by atoms with Crippen molar-refractivity contribution in [1.29, 1.82) is 0 Å². The van der Waals surface area contributed by atoms with Crippen LogP contribution in [0, 0.1) is 0 Å². The molecule has 6 heteroatoms. The van der Waals surface area contributed by atoms with Crippen molar-refractivity contribution in [3.63, 3.8) is 0 Å². The normalized spacial score (nSPS) is 17.6. The Bertz CT molecular complexity index is 958. The topological polar surface area (TPSA) is 38.1 Å². The summed E-state index contributed by atoms with van der Waals surface area (Å²) in [5.74, 6) is 0.527. The molecule has 0 saturated carbocycles. The maximum absolute atomic E-state index is 13.6. The molecule has 24 heavy (non-hydrogen) atoms. The molecule has 1 atom stereocenters. The van der Waals surface area contributed by atoms with Gasteiger partial charge in [0.15, 0.2) is 0 Å². The largest absolute Gasteiger partial charge is 0.354 e. The Kier molecular flexibility index (Phi) is 3.73. The molecule has 1 fully saturated rings. The summed E-state index contributed by atoms with van der Waals surface area (Å²) < 4.78 is 15.1. The van der Waals surface area contributed by atoms with Gasteiger partial charge in [0.25, 0.3) is 0 Å². The van der Waals surface area contributed by atoms with Crippen LogP contribution in [0.4, 0.5) is 10.2 Å². The fraction of sp³-hybridized carbons (Fsp3) is 0.222. The predicted octanol–water partition coefficient (Wildman–Crippen LogP) is 3.59. The highest BCUT2D eigenvalue weighted by atomic mass is 35.5. The second-order valence-corrected chi connectivity index (χ2v) is 6.32. The Morgan fingerprint density at radius 1 is 1.17 bits per heavy atom. The van der Waals surface area contributed by atoms with Crippen molar-refractivity contribution in [2.75, 3.05) is 18.0 Å². The average Bonchev–Trinajstić information content (AvgIpc) is 3.01. The molecule has 2 heterocycles. The van der Waals surface area contributed by atoms with Crippen LogP contribution in [-0.4, -0.2) is 28.8 Å². The summed E-state index contributed by atoms with van der Waals surface area (Å²) >= 11 is 6.16. The smallest absolute Gasteiger partial charge is 0.353 e. The Labute approximate surface area is 143 Å². The lowest BCUT2D eigenvalue weighted by molar-refractivity contribution is 0.364. The first kappa shape index (κ1) is 15.1. The van der Waals surface area contributed by atoms with Crippen LogP contribution in [0.3, 0.4) is 0 Å². The highest BCUT2D eigenvalue weighted by molar-refractivity contribution is 6.31. The molecule has 1 aliphatic heterocycles. The van der Waals surface area contributed by atoms with Crippen LogP contribution in [0.2, 0.25) is 5.02 Å². The fourth-order valence-corrected chi connectivity index (χ4v) is 3.33. The first-order valence-electron chi connectivity index (χ1n) is 7.80. The SMILES string of the molecule is O=c1nc(N2CC[C@@H](F)C2)c2ccc(Cl)cc2n1-c1ccccc1. The molecule has 122 valence electrons. The zero-order valence-corrected chi connectivity index (χ0v) is 13.6. The third-order valence-corrected chi connectivity index (χ3v) is 4.51. The molecule has 4 nitrogen and oxygen atoms in total. The third kappa shape index (κ3) is 2.55. The fourth-order valence-electron chi connectivity index (χ4n) is 3.16. The highest BCUT2D eigenvalue weighted by Gasteiger charge is 2.25. The molecule has 1 aromatic heterocycles. The summed E-state index contributed by atoms with van der Waals surface area (Å²) in [7, 11) is 0. The number of nitrogens with zero attached hydrogens (tertiary/aromatic N) is 3. The Morgan fingerprint density at radius 3 is 2.67 bits per heavy atom. The Morgan fingerprint density at radius 2 is 1.96 bits per heavy atom. The van der Waals surface area contributed by atoms with Crippen molar-refractivity contribution in [2.24, 2.45) is 0 Å². The lowest BCUT2D eigenvalue weighted by atomic mass is 10.2. The number of hydrogen-bond donors (Lipinski definition) is 0. The Hall–Kier alpha value is -2.40. The van der Waals surface area contributed by atoms with Gasteiger partial charge in [-0.25, -0.2) is 9.18 Å². The van der Waals surface area contributed by atoms with Gasteiger partial charge in [-0.2, -0.15) is 4.98 Å². The monoisotopic (exact) mass is 343 g/mol. The summed E-state index contributed by atoms with van der Waals surface area (Å²) in [6.07, 6.45) is -0.427. The molecule has 0 bridgehead atoms. The van der Waals surface area contributed by atoms with Crippen molar-refractivity contribution >= 4 is 28.3 Å². The van der Waals surface area contributed by atoms with E-state index in [-0.39, 0.29) is 6.54 Å². The minimum absolute atomic E-state index is 0.263. The van der Waals surface area contributed by atoms with Gasteiger partial charge in [-0.15, -0.1) is 0 Å². The molecule has 2 aromatic carbocycles. The van der Waals surface area contributed by atoms with E-state index in [9.17, 15) is 9.18 Å². The van der Waals surface area contributed by atoms with E-state index in [0.29, 0.717) is 29.3 Å². The quantitative estimate of drug-likeness (QED) is 0.713. The third-order valence-electron chi connectivity index (χ3n) is 4.28. The number of benzene rings is 2. The predicted molar refractivity (Wildman–Crippen MR) is 94.1 cm³/mol. The van der Waals surface area contributed by atoms with Crippen molar-refractivity contribution in [2.45, 2.75) is 12.6 Å². The zero-order valence-electron chi connectivity index (χ0n) is 12.8. The first-order chi connectivity index (χ1) is 11.6. The van der Waals surface area contributed by atoms with Crippen LogP contribution >= 0.6 is 11.6 Å². The van der Waals surface area contributed by atoms with Gasteiger partial charge in [0.05, 0.1) is 17.7 Å². The zero-order chi connectivity index (χ0) is 16.7. The molecule has 0 unspecified atom stereocenters. The van der Waals surface area contributed by atoms with Crippen LogP contribution < -0.4 is 10.6 Å². The maximum Gasteiger partial charge on any atom is 0.354 e. The molecule has 0 spiro atoms. The second kappa shape index (κ2) is 5.91. The van der Waals surface area contributed by atoms with E-state index in [4.69, 9.17) is 11.6 Å². The number of halogens is 2. The average molecular weight is 344 g/mol. The number of anilines is 1. The maximum atomic E-state index is 13.6. The molecule has 1 saturated heterocycles. The van der Waals surface area contributed by atoms with Crippen LogP contribution in [0.25, 0.3) is 16.6 Å². The standard InChI is InChI=1S/C18H15ClFN3O/c19-12-6-7-15-16(10-12)23(14-4-2-1-3-5-14)18(24)21-17(15)22-9-8-13(20)11-22/h1-7,10,13H,8-9,11H2/t13-/m1/s1. The molecule has 0 N–H and O–H groups in total. The molecule has 0 radical (unpaired) electrons. The molecule has 4 rings (SSSR count). The number of para-hydroxylation sites is 1. The van der Waals surface area contributed by atoms with Crippen molar-refractivity contribution in [3.05, 3.63) is 64.0 Å². The minimum atomic E-state index is -0.884. The van der Waals surface area contributed by atoms with Crippen LogP contribution in [0.5, 0.6) is 0 Å². The van der Waals surface area contributed by atoms with Gasteiger partial charge in [0.1, 0.15) is 12.0 Å². The van der Waals surface area contributed by atoms with Gasteiger partial charge in [0.2, 0.25) is 0 Å². The lowest BCUT2D eigenvalue weighted by Crippen LogP contribution is -2.28. The summed E-state index contributed by atoms with van der Waals surface area (Å²) in [4.78, 5) is 18.8. The Balaban J connectivity index is 2.00. The van der Waals surface area contributed by atoms with E-state index in [0.717, 1.165) is 11.1 Å². The van der Waals surface area contributed by atoms with E-state index in [1.807, 2.05) is 41.3 Å². The number of aromatic nitrogens is 2. The first-order valence-corrected chi connectivity index (χ1v) is 8.18. The molecule has 0 aliphatic carbocycles. The van der Waals surface area contributed by atoms with Crippen molar-refractivity contribution in [1.82, 2.24) is 9.55 Å². The van der Waals surface area contributed by atoms with E-state index < -0.39 is 11.9 Å². The van der Waals surface area contributed by atoms with Gasteiger partial charge in [0, 0.05) is 17.0 Å². The van der Waals surface area contributed by atoms with Gasteiger partial charge >= 0.3 is 5.69 Å². The van der Waals surface area contributed by atoms with Gasteiger partial charge in [-0.3, -0.25) is 4.57 Å². The van der Waals surface area contributed by atoms with E-state index >= 15 is 0 Å². The van der Waals surface area contributed by atoms with Crippen molar-refractivity contribution in [3.8, 4) is 5.69 Å². The van der Waals surface area contributed by atoms with Crippen LogP contribution in [0.15, 0.2) is 53.3 Å². The minimum Gasteiger partial charge on any atom is -0.353 e. The summed E-state index contributed by atoms with van der Waals surface area (Å²) in [6, 6.07) is 14.6. The summed E-state index contributed by atoms with van der Waals surface area (Å²) in [6.45, 7) is 0.820. The second-order valence-electron chi connectivity index (χ2n) is 5.88. The van der Waals surface area contributed by atoms with Crippen LogP contribution in [-0.2, 0) is 0 Å². The van der Waals surface area contributed by atoms with Gasteiger partial charge in [-0.05, 0) is 36.8 Å². The number of alkyl halides is 1. The number of hydrogen-bond acceptors (Lipinski definition) is 3. The number of fused-ring (bicyclic) bond motifs is 1. The van der Waals surface area contributed by atoms with Crippen molar-refractivity contribution < 1.29 is 4.39 Å². The molecular formula is C18H15ClFN3O.